The average Bonchev–Trinajstić information content (AvgIpc) is 3.36. The molecule has 0 spiro atoms. The van der Waals surface area contributed by atoms with Crippen LogP contribution in [0.1, 0.15) is 17.8 Å². The van der Waals surface area contributed by atoms with Crippen LogP contribution in [0.5, 0.6) is 11.8 Å². The molecule has 4 heterocycles. The first-order chi connectivity index (χ1) is 16.9. The lowest BCUT2D eigenvalue weighted by molar-refractivity contribution is -0.00399. The highest BCUT2D eigenvalue weighted by molar-refractivity contribution is 6.12. The van der Waals surface area contributed by atoms with E-state index in [2.05, 4.69) is 29.8 Å². The van der Waals surface area contributed by atoms with Crippen LogP contribution in [-0.4, -0.2) is 55.3 Å². The van der Waals surface area contributed by atoms with E-state index in [1.165, 1.54) is 24.5 Å². The second-order valence-corrected chi connectivity index (χ2v) is 8.97. The van der Waals surface area contributed by atoms with E-state index in [4.69, 9.17) is 15.2 Å². The van der Waals surface area contributed by atoms with Gasteiger partial charge in [-0.3, -0.25) is 0 Å². The van der Waals surface area contributed by atoms with E-state index >= 15 is 0 Å². The Morgan fingerprint density at radius 2 is 2.09 bits per heavy atom. The van der Waals surface area contributed by atoms with Crippen molar-refractivity contribution in [2.75, 3.05) is 18.0 Å². The van der Waals surface area contributed by atoms with Crippen molar-refractivity contribution in [2.45, 2.75) is 26.1 Å². The molecule has 1 aliphatic heterocycles. The van der Waals surface area contributed by atoms with Crippen LogP contribution in [0.2, 0.25) is 0 Å². The molecular weight excluding hydrogens is 457 g/mol. The summed E-state index contributed by atoms with van der Waals surface area (Å²) in [7, 11) is 0. The van der Waals surface area contributed by atoms with Gasteiger partial charge in [0.2, 0.25) is 0 Å². The molecule has 12 heteroatoms. The van der Waals surface area contributed by atoms with Crippen LogP contribution in [0.15, 0.2) is 24.5 Å². The number of carbonyl (C=O) groups is 1. The molecule has 1 aliphatic carbocycles. The number of rotatable bonds is 5. The molecule has 3 aromatic heterocycles. The highest BCUT2D eigenvalue weighted by Crippen LogP contribution is 2.44. The summed E-state index contributed by atoms with van der Waals surface area (Å²) in [5.41, 5.74) is 6.50. The minimum Gasteiger partial charge on any atom is -0.445 e. The fourth-order valence-electron chi connectivity index (χ4n) is 5.01. The van der Waals surface area contributed by atoms with Crippen molar-refractivity contribution in [1.82, 2.24) is 24.9 Å². The molecule has 4 aromatic rings. The lowest BCUT2D eigenvalue weighted by Gasteiger charge is -2.34. The lowest BCUT2D eigenvalue weighted by Crippen LogP contribution is -2.39. The summed E-state index contributed by atoms with van der Waals surface area (Å²) < 4.78 is 25.4. The van der Waals surface area contributed by atoms with Crippen molar-refractivity contribution < 1.29 is 23.8 Å². The van der Waals surface area contributed by atoms with Crippen LogP contribution in [0.3, 0.4) is 0 Å². The number of primary amides is 1. The number of amides is 1. The molecule has 1 aromatic carbocycles. The number of aliphatic hydroxyl groups is 1. The molecule has 3 atom stereocenters. The zero-order valence-electron chi connectivity index (χ0n) is 18.7. The van der Waals surface area contributed by atoms with Gasteiger partial charge in [-0.05, 0) is 31.4 Å². The largest absolute Gasteiger partial charge is 0.445 e. The maximum atomic E-state index is 14.6. The Morgan fingerprint density at radius 1 is 1.29 bits per heavy atom. The summed E-state index contributed by atoms with van der Waals surface area (Å²) in [5, 5.41) is 11.3. The molecule has 6 rings (SSSR count). The van der Waals surface area contributed by atoms with Gasteiger partial charge in [-0.2, -0.15) is 9.97 Å². The molecule has 1 saturated heterocycles. The molecular formula is C23H22FN7O4. The smallest absolute Gasteiger partial charge is 0.404 e. The van der Waals surface area contributed by atoms with E-state index in [1.807, 2.05) is 0 Å². The van der Waals surface area contributed by atoms with Crippen LogP contribution < -0.4 is 15.4 Å². The Kier molecular flexibility index (Phi) is 4.92. The molecule has 180 valence electrons. The summed E-state index contributed by atoms with van der Waals surface area (Å²) in [4.78, 5) is 33.9. The first-order valence-electron chi connectivity index (χ1n) is 11.2. The van der Waals surface area contributed by atoms with Gasteiger partial charge in [0.25, 0.3) is 0 Å². The van der Waals surface area contributed by atoms with Crippen molar-refractivity contribution in [3.05, 3.63) is 41.7 Å². The molecule has 1 amide bonds. The lowest BCUT2D eigenvalue weighted by atomic mass is 9.74. The van der Waals surface area contributed by atoms with Gasteiger partial charge in [0.15, 0.2) is 5.75 Å². The third-order valence-electron chi connectivity index (χ3n) is 6.73. The van der Waals surface area contributed by atoms with E-state index < -0.39 is 11.9 Å². The summed E-state index contributed by atoms with van der Waals surface area (Å²) in [6, 6.07) is 2.74. The number of H-pyrrole nitrogens is 1. The molecule has 3 unspecified atom stereocenters. The second-order valence-electron chi connectivity index (χ2n) is 8.97. The van der Waals surface area contributed by atoms with Gasteiger partial charge in [-0.1, -0.05) is 0 Å². The highest BCUT2D eigenvalue weighted by atomic mass is 19.1. The molecule has 2 fully saturated rings. The number of nitrogens with two attached hydrogens (primary N) is 1. The van der Waals surface area contributed by atoms with Crippen molar-refractivity contribution in [3.63, 3.8) is 0 Å². The normalized spacial score (nSPS) is 21.2. The van der Waals surface area contributed by atoms with Crippen LogP contribution in [0.4, 0.5) is 15.0 Å². The number of aromatic nitrogens is 5. The van der Waals surface area contributed by atoms with Gasteiger partial charge in [0.1, 0.15) is 29.7 Å². The number of nitrogens with zero attached hydrogens (tertiary/aromatic N) is 5. The Bertz CT molecular complexity index is 1460. The highest BCUT2D eigenvalue weighted by Gasteiger charge is 2.47. The monoisotopic (exact) mass is 479 g/mol. The number of aryl methyl sites for hydroxylation is 1. The van der Waals surface area contributed by atoms with Gasteiger partial charge >= 0.3 is 12.1 Å². The van der Waals surface area contributed by atoms with Crippen molar-refractivity contribution >= 4 is 33.8 Å². The number of nitrogens with one attached hydrogen (secondary N) is 1. The van der Waals surface area contributed by atoms with E-state index in [0.717, 1.165) is 6.42 Å². The van der Waals surface area contributed by atoms with Crippen LogP contribution in [0.25, 0.3) is 21.9 Å². The van der Waals surface area contributed by atoms with E-state index in [1.54, 1.807) is 6.92 Å². The number of ether oxygens (including phenoxy) is 2. The quantitative estimate of drug-likeness (QED) is 0.392. The molecule has 11 nitrogen and oxygen atoms in total. The zero-order chi connectivity index (χ0) is 24.3. The number of carbonyl (C=O) groups excluding carboxylic acids is 1. The minimum atomic E-state index is -0.957. The Hall–Kier alpha value is -4.06. The van der Waals surface area contributed by atoms with Crippen LogP contribution in [0, 0.1) is 24.6 Å². The second kappa shape index (κ2) is 8.01. The van der Waals surface area contributed by atoms with Crippen LogP contribution >= 0.6 is 0 Å². The van der Waals surface area contributed by atoms with Crippen LogP contribution in [-0.2, 0) is 11.3 Å². The summed E-state index contributed by atoms with van der Waals surface area (Å²) in [6.45, 7) is 2.89. The molecule has 0 radical (unpaired) electrons. The number of halogens is 1. The minimum absolute atomic E-state index is 0.0710. The van der Waals surface area contributed by atoms with Crippen molar-refractivity contribution in [3.8, 4) is 11.8 Å². The predicted octanol–water partition coefficient (Wildman–Crippen LogP) is 2.55. The van der Waals surface area contributed by atoms with Gasteiger partial charge in [0.05, 0.1) is 29.4 Å². The summed E-state index contributed by atoms with van der Waals surface area (Å²) in [6.07, 6.45) is 2.52. The number of hydrogen-bond donors (Lipinski definition) is 3. The molecule has 4 N–H and O–H groups in total. The first-order valence-corrected chi connectivity index (χ1v) is 11.2. The molecule has 35 heavy (non-hydrogen) atoms. The van der Waals surface area contributed by atoms with Gasteiger partial charge < -0.3 is 30.2 Å². The Morgan fingerprint density at radius 3 is 2.80 bits per heavy atom. The number of aliphatic hydroxyl groups excluding tert-OH is 1. The number of anilines is 1. The van der Waals surface area contributed by atoms with Gasteiger partial charge in [-0.15, -0.1) is 0 Å². The topological polar surface area (TPSA) is 152 Å². The number of hydrogen-bond acceptors (Lipinski definition) is 9. The Labute approximate surface area is 198 Å². The summed E-state index contributed by atoms with van der Waals surface area (Å²) >= 11 is 0. The molecule has 2 aliphatic rings. The number of fused-ring (bicyclic) bond motifs is 4. The van der Waals surface area contributed by atoms with E-state index in [0.29, 0.717) is 63.9 Å². The van der Waals surface area contributed by atoms with Gasteiger partial charge in [-0.25, -0.2) is 19.2 Å². The zero-order valence-corrected chi connectivity index (χ0v) is 18.7. The van der Waals surface area contributed by atoms with Crippen molar-refractivity contribution in [2.24, 2.45) is 17.6 Å². The maximum absolute atomic E-state index is 14.6. The number of aromatic amines is 1. The number of benzene rings is 1. The van der Waals surface area contributed by atoms with E-state index in [-0.39, 0.29) is 24.6 Å². The predicted molar refractivity (Wildman–Crippen MR) is 122 cm³/mol. The van der Waals surface area contributed by atoms with E-state index in [9.17, 15) is 14.3 Å². The fourth-order valence-corrected chi connectivity index (χ4v) is 5.01. The van der Waals surface area contributed by atoms with Gasteiger partial charge in [0, 0.05) is 30.0 Å². The standard InChI is InChI=1S/C23H22FN7O4/c1-10-26-5-14(6-27-10)35-23-29-20-18(21(30-23)31-7-11-3-17(32)16(11)8-31)15-4-13(24)2-12(19(15)28-20)9-34-22(25)33/h2,4-6,11,16-17,32H,3,7-9H2,1H3,(H2,25,33)(H,28,29,30). The third kappa shape index (κ3) is 3.75. The third-order valence-corrected chi connectivity index (χ3v) is 6.73. The maximum Gasteiger partial charge on any atom is 0.404 e. The molecule has 1 saturated carbocycles. The first kappa shape index (κ1) is 21.5. The van der Waals surface area contributed by atoms with Crippen molar-refractivity contribution in [1.29, 1.82) is 0 Å². The molecule has 0 bridgehead atoms. The SMILES string of the molecule is Cc1ncc(Oc2nc(N3CC4CC(O)C4C3)c3c(n2)[nH]c2c(COC(N)=O)cc(F)cc23)cn1. The fraction of sp³-hybridized carbons (Fsp3) is 0.348. The average molecular weight is 479 g/mol. The summed E-state index contributed by atoms with van der Waals surface area (Å²) in [5.74, 6) is 1.57. The Balaban J connectivity index is 1.50.